The topological polar surface area (TPSA) is 47.3 Å². The number of nitrogens with one attached hydrogen (secondary N) is 1. The summed E-state index contributed by atoms with van der Waals surface area (Å²) in [5, 5.41) is 4.17. The molecule has 0 aliphatic carbocycles. The molecule has 3 nitrogen and oxygen atoms in total. The molecule has 3 N–H and O–H groups in total. The van der Waals surface area contributed by atoms with Crippen molar-refractivity contribution in [2.45, 2.75) is 38.3 Å². The van der Waals surface area contributed by atoms with Gasteiger partial charge in [0.15, 0.2) is 0 Å². The molecular weight excluding hydrogens is 280 g/mol. The van der Waals surface area contributed by atoms with E-state index in [-0.39, 0.29) is 5.60 Å². The Balaban J connectivity index is 2.18. The van der Waals surface area contributed by atoms with Gasteiger partial charge in [0.2, 0.25) is 0 Å². The molecule has 1 fully saturated rings. The molecule has 0 amide bonds. The Kier molecular flexibility index (Phi) is 4.33. The first-order valence-corrected chi connectivity index (χ1v) is 7.16. The Morgan fingerprint density at radius 3 is 2.89 bits per heavy atom. The minimum absolute atomic E-state index is 0.0993. The molecule has 2 rings (SSSR count). The molecule has 1 aromatic carbocycles. The van der Waals surface area contributed by atoms with Crippen molar-refractivity contribution < 1.29 is 4.74 Å². The van der Waals surface area contributed by atoms with Crippen LogP contribution in [0, 0.1) is 0 Å². The second-order valence-corrected chi connectivity index (χ2v) is 6.37. The summed E-state index contributed by atoms with van der Waals surface area (Å²) in [4.78, 5) is 0.380. The third kappa shape index (κ3) is 3.81. The van der Waals surface area contributed by atoms with E-state index >= 15 is 0 Å². The van der Waals surface area contributed by atoms with Crippen molar-refractivity contribution in [2.24, 2.45) is 5.73 Å². The highest BCUT2D eigenvalue weighted by molar-refractivity contribution is 7.80. The molecule has 1 unspecified atom stereocenters. The van der Waals surface area contributed by atoms with E-state index in [0.717, 1.165) is 30.7 Å². The zero-order valence-electron chi connectivity index (χ0n) is 11.2. The van der Waals surface area contributed by atoms with E-state index < -0.39 is 0 Å². The van der Waals surface area contributed by atoms with E-state index in [1.165, 1.54) is 0 Å². The van der Waals surface area contributed by atoms with Gasteiger partial charge in [0.1, 0.15) is 4.99 Å². The smallest absolute Gasteiger partial charge is 0.106 e. The Labute approximate surface area is 124 Å². The number of nitrogens with two attached hydrogens (primary N) is 1. The third-order valence-electron chi connectivity index (χ3n) is 3.30. The van der Waals surface area contributed by atoms with E-state index in [0.29, 0.717) is 16.1 Å². The summed E-state index contributed by atoms with van der Waals surface area (Å²) in [7, 11) is 0. The normalized spacial score (nSPS) is 21.9. The van der Waals surface area contributed by atoms with E-state index in [9.17, 15) is 0 Å². The highest BCUT2D eigenvalue weighted by atomic mass is 35.5. The Morgan fingerprint density at radius 2 is 2.26 bits per heavy atom. The number of hydrogen-bond acceptors (Lipinski definition) is 3. The van der Waals surface area contributed by atoms with Gasteiger partial charge in [0.05, 0.1) is 5.60 Å². The van der Waals surface area contributed by atoms with Crippen LogP contribution >= 0.6 is 23.8 Å². The van der Waals surface area contributed by atoms with Gasteiger partial charge in [-0.2, -0.15) is 0 Å². The number of hydrogen-bond donors (Lipinski definition) is 2. The molecule has 5 heteroatoms. The summed E-state index contributed by atoms with van der Waals surface area (Å²) in [6.07, 6.45) is 1.91. The molecule has 0 bridgehead atoms. The van der Waals surface area contributed by atoms with Crippen LogP contribution in [0.1, 0.15) is 32.3 Å². The second kappa shape index (κ2) is 5.65. The van der Waals surface area contributed by atoms with Gasteiger partial charge in [0, 0.05) is 28.9 Å². The van der Waals surface area contributed by atoms with Gasteiger partial charge in [0.25, 0.3) is 0 Å². The average Bonchev–Trinajstić information content (AvgIpc) is 2.27. The fourth-order valence-electron chi connectivity index (χ4n) is 2.43. The van der Waals surface area contributed by atoms with Gasteiger partial charge in [-0.1, -0.05) is 23.8 Å². The van der Waals surface area contributed by atoms with Crippen molar-refractivity contribution >= 4 is 34.5 Å². The largest absolute Gasteiger partial charge is 0.389 e. The van der Waals surface area contributed by atoms with Crippen LogP contribution in [0.5, 0.6) is 0 Å². The number of rotatable bonds is 3. The van der Waals surface area contributed by atoms with Crippen LogP contribution in [-0.2, 0) is 4.74 Å². The Morgan fingerprint density at radius 1 is 1.53 bits per heavy atom. The molecule has 1 aromatic rings. The first kappa shape index (κ1) is 14.6. The van der Waals surface area contributed by atoms with Crippen LogP contribution in [0.2, 0.25) is 5.02 Å². The standard InChI is InChI=1S/C14H19ClN2OS/c1-14(2)8-10(5-6-18-14)17-12-7-9(15)3-4-11(12)13(16)19/h3-4,7,10,17H,5-6,8H2,1-2H3,(H2,16,19). The molecule has 1 aliphatic rings. The number of thiocarbonyl (C=S) groups is 1. The van der Waals surface area contributed by atoms with Crippen LogP contribution in [0.3, 0.4) is 0 Å². The summed E-state index contributed by atoms with van der Waals surface area (Å²) in [5.41, 5.74) is 7.39. The molecule has 1 aliphatic heterocycles. The van der Waals surface area contributed by atoms with Crippen LogP contribution in [0.25, 0.3) is 0 Å². The summed E-state index contributed by atoms with van der Waals surface area (Å²) in [6.45, 7) is 4.97. The Bertz CT molecular complexity index is 490. The van der Waals surface area contributed by atoms with Crippen molar-refractivity contribution in [3.63, 3.8) is 0 Å². The molecule has 19 heavy (non-hydrogen) atoms. The molecule has 0 radical (unpaired) electrons. The second-order valence-electron chi connectivity index (χ2n) is 5.50. The predicted molar refractivity (Wildman–Crippen MR) is 84.0 cm³/mol. The lowest BCUT2D eigenvalue weighted by atomic mass is 9.93. The highest BCUT2D eigenvalue weighted by Gasteiger charge is 2.29. The lowest BCUT2D eigenvalue weighted by Crippen LogP contribution is -2.40. The maximum Gasteiger partial charge on any atom is 0.106 e. The Hall–Kier alpha value is -0.840. The molecule has 1 saturated heterocycles. The lowest BCUT2D eigenvalue weighted by molar-refractivity contribution is -0.0553. The molecule has 0 spiro atoms. The monoisotopic (exact) mass is 298 g/mol. The summed E-state index contributed by atoms with van der Waals surface area (Å²) in [6, 6.07) is 5.88. The van der Waals surface area contributed by atoms with Crippen LogP contribution < -0.4 is 11.1 Å². The fourth-order valence-corrected chi connectivity index (χ4v) is 2.78. The first-order chi connectivity index (χ1) is 8.87. The summed E-state index contributed by atoms with van der Waals surface area (Å²) < 4.78 is 5.72. The van der Waals surface area contributed by atoms with Gasteiger partial charge in [-0.25, -0.2) is 0 Å². The van der Waals surface area contributed by atoms with Crippen LogP contribution in [0.15, 0.2) is 18.2 Å². The quantitative estimate of drug-likeness (QED) is 0.840. The number of halogens is 1. The highest BCUT2D eigenvalue weighted by Crippen LogP contribution is 2.28. The molecular formula is C14H19ClN2OS. The van der Waals surface area contributed by atoms with E-state index in [2.05, 4.69) is 19.2 Å². The van der Waals surface area contributed by atoms with Crippen molar-refractivity contribution in [3.05, 3.63) is 28.8 Å². The number of ether oxygens (including phenoxy) is 1. The minimum atomic E-state index is -0.0993. The SMILES string of the molecule is CC1(C)CC(Nc2cc(Cl)ccc2C(N)=S)CCO1. The number of benzene rings is 1. The maximum atomic E-state index is 6.05. The van der Waals surface area contributed by atoms with Gasteiger partial charge < -0.3 is 15.8 Å². The summed E-state index contributed by atoms with van der Waals surface area (Å²) >= 11 is 11.1. The number of anilines is 1. The van der Waals surface area contributed by atoms with E-state index in [4.69, 9.17) is 34.3 Å². The van der Waals surface area contributed by atoms with Gasteiger partial charge in [-0.15, -0.1) is 0 Å². The molecule has 1 atom stereocenters. The van der Waals surface area contributed by atoms with E-state index in [1.807, 2.05) is 12.1 Å². The van der Waals surface area contributed by atoms with Gasteiger partial charge >= 0.3 is 0 Å². The van der Waals surface area contributed by atoms with Crippen molar-refractivity contribution in [1.29, 1.82) is 0 Å². The van der Waals surface area contributed by atoms with Crippen LogP contribution in [0.4, 0.5) is 5.69 Å². The van der Waals surface area contributed by atoms with Gasteiger partial charge in [-0.3, -0.25) is 0 Å². The van der Waals surface area contributed by atoms with Crippen molar-refractivity contribution in [1.82, 2.24) is 0 Å². The first-order valence-electron chi connectivity index (χ1n) is 6.37. The molecule has 0 saturated carbocycles. The maximum absolute atomic E-state index is 6.05. The molecule has 0 aromatic heterocycles. The zero-order chi connectivity index (χ0) is 14.0. The van der Waals surface area contributed by atoms with E-state index in [1.54, 1.807) is 6.07 Å². The fraction of sp³-hybridized carbons (Fsp3) is 0.500. The minimum Gasteiger partial charge on any atom is -0.389 e. The zero-order valence-corrected chi connectivity index (χ0v) is 12.8. The average molecular weight is 299 g/mol. The third-order valence-corrected chi connectivity index (χ3v) is 3.76. The van der Waals surface area contributed by atoms with Crippen LogP contribution in [-0.4, -0.2) is 23.2 Å². The van der Waals surface area contributed by atoms with Gasteiger partial charge in [-0.05, 0) is 44.9 Å². The predicted octanol–water partition coefficient (Wildman–Crippen LogP) is 3.34. The molecule has 1 heterocycles. The van der Waals surface area contributed by atoms with Crippen molar-refractivity contribution in [3.8, 4) is 0 Å². The van der Waals surface area contributed by atoms with Crippen molar-refractivity contribution in [2.75, 3.05) is 11.9 Å². The lowest BCUT2D eigenvalue weighted by Gasteiger charge is -2.36. The molecule has 104 valence electrons. The summed E-state index contributed by atoms with van der Waals surface area (Å²) in [5.74, 6) is 0.